The largest absolute Gasteiger partial charge is 0.462 e. The van der Waals surface area contributed by atoms with E-state index >= 15 is 0 Å². The van der Waals surface area contributed by atoms with Gasteiger partial charge in [-0.25, -0.2) is 0 Å². The molecule has 0 N–H and O–H groups in total. The predicted molar refractivity (Wildman–Crippen MR) is 91.8 cm³/mol. The molecule has 1 heterocycles. The number of carbonyl (C=O) groups is 1. The maximum atomic E-state index is 11.5. The Morgan fingerprint density at radius 1 is 0.957 bits per heavy atom. The van der Waals surface area contributed by atoms with Crippen molar-refractivity contribution in [3.05, 3.63) is 0 Å². The van der Waals surface area contributed by atoms with Crippen molar-refractivity contribution < 1.29 is 9.53 Å². The Labute approximate surface area is 141 Å². The summed E-state index contributed by atoms with van der Waals surface area (Å²) in [4.78, 5) is 11.5. The lowest BCUT2D eigenvalue weighted by molar-refractivity contribution is -0.154. The van der Waals surface area contributed by atoms with Gasteiger partial charge in [-0.2, -0.15) is 0 Å². The molecular weight excluding hydrogens is 284 g/mol. The number of hydrogen-bond donors (Lipinski definition) is 0. The molecule has 4 aliphatic rings. The van der Waals surface area contributed by atoms with Crippen molar-refractivity contribution >= 4 is 5.97 Å². The number of fused-ring (bicyclic) bond motifs is 5. The van der Waals surface area contributed by atoms with E-state index in [-0.39, 0.29) is 12.1 Å². The topological polar surface area (TPSA) is 26.3 Å². The van der Waals surface area contributed by atoms with Crippen LogP contribution in [0.15, 0.2) is 0 Å². The maximum absolute atomic E-state index is 11.5. The number of rotatable bonds is 5. The van der Waals surface area contributed by atoms with E-state index in [1.165, 1.54) is 38.5 Å². The third-order valence-electron chi connectivity index (χ3n) is 8.08. The highest BCUT2D eigenvalue weighted by molar-refractivity contribution is 5.70. The van der Waals surface area contributed by atoms with Crippen molar-refractivity contribution in [2.24, 2.45) is 41.4 Å². The minimum Gasteiger partial charge on any atom is -0.462 e. The maximum Gasteiger partial charge on any atom is 0.306 e. The predicted octanol–water partition coefficient (Wildman–Crippen LogP) is 5.21. The summed E-state index contributed by atoms with van der Waals surface area (Å²) < 4.78 is 5.55. The molecular formula is C21H34O2. The van der Waals surface area contributed by atoms with Gasteiger partial charge in [-0.3, -0.25) is 4.79 Å². The van der Waals surface area contributed by atoms with Gasteiger partial charge in [0.15, 0.2) is 0 Å². The van der Waals surface area contributed by atoms with Crippen LogP contribution in [0.25, 0.3) is 0 Å². The molecule has 0 spiro atoms. The Morgan fingerprint density at radius 3 is 2.48 bits per heavy atom. The van der Waals surface area contributed by atoms with Gasteiger partial charge in [0.2, 0.25) is 0 Å². The lowest BCUT2D eigenvalue weighted by atomic mass is 9.69. The fourth-order valence-electron chi connectivity index (χ4n) is 7.24. The van der Waals surface area contributed by atoms with Crippen LogP contribution in [0.1, 0.15) is 78.1 Å². The quantitative estimate of drug-likeness (QED) is 0.651. The lowest BCUT2D eigenvalue weighted by Crippen LogP contribution is -2.31. The summed E-state index contributed by atoms with van der Waals surface area (Å²) in [6.45, 7) is 4.84. The summed E-state index contributed by atoms with van der Waals surface area (Å²) in [6, 6.07) is 0. The van der Waals surface area contributed by atoms with Crippen molar-refractivity contribution in [1.82, 2.24) is 0 Å². The molecule has 0 aromatic heterocycles. The van der Waals surface area contributed by atoms with Gasteiger partial charge in [0.25, 0.3) is 0 Å². The molecule has 2 heteroatoms. The summed E-state index contributed by atoms with van der Waals surface area (Å²) in [6.07, 6.45) is 12.8. The molecule has 2 bridgehead atoms. The van der Waals surface area contributed by atoms with Gasteiger partial charge in [-0.05, 0) is 86.4 Å². The Balaban J connectivity index is 1.37. The molecule has 8 atom stereocenters. The molecule has 4 rings (SSSR count). The zero-order valence-corrected chi connectivity index (χ0v) is 15.0. The summed E-state index contributed by atoms with van der Waals surface area (Å²) in [5.74, 6) is 7.17. The van der Waals surface area contributed by atoms with Crippen LogP contribution in [0, 0.1) is 41.4 Å². The van der Waals surface area contributed by atoms with Crippen LogP contribution >= 0.6 is 0 Å². The molecule has 8 unspecified atom stereocenters. The second kappa shape index (κ2) is 6.41. The first kappa shape index (κ1) is 16.0. The van der Waals surface area contributed by atoms with Gasteiger partial charge in [0.1, 0.15) is 6.10 Å². The molecule has 130 valence electrons. The zero-order chi connectivity index (χ0) is 16.0. The highest BCUT2D eigenvalue weighted by atomic mass is 16.5. The highest BCUT2D eigenvalue weighted by Crippen LogP contribution is 2.66. The first-order valence-electron chi connectivity index (χ1n) is 10.4. The minimum absolute atomic E-state index is 0.0434. The zero-order valence-electron chi connectivity index (χ0n) is 15.0. The smallest absolute Gasteiger partial charge is 0.306 e. The second-order valence-corrected chi connectivity index (χ2v) is 8.96. The van der Waals surface area contributed by atoms with Crippen molar-refractivity contribution in [3.8, 4) is 0 Å². The molecule has 1 saturated heterocycles. The number of hydrogen-bond acceptors (Lipinski definition) is 2. The van der Waals surface area contributed by atoms with Crippen LogP contribution in [-0.4, -0.2) is 12.1 Å². The fraction of sp³-hybridized carbons (Fsp3) is 0.952. The van der Waals surface area contributed by atoms with Gasteiger partial charge >= 0.3 is 5.97 Å². The molecule has 0 radical (unpaired) electrons. The molecule has 2 nitrogen and oxygen atoms in total. The summed E-state index contributed by atoms with van der Waals surface area (Å²) in [7, 11) is 0. The van der Waals surface area contributed by atoms with E-state index in [9.17, 15) is 4.79 Å². The summed E-state index contributed by atoms with van der Waals surface area (Å²) >= 11 is 0. The first-order valence-corrected chi connectivity index (χ1v) is 10.4. The van der Waals surface area contributed by atoms with E-state index in [1.54, 1.807) is 0 Å². The number of carbonyl (C=O) groups excluding carboxylic acids is 1. The van der Waals surface area contributed by atoms with Crippen LogP contribution in [0.2, 0.25) is 0 Å². The SMILES string of the molecule is CCC1CC(CC)C2C3CC(CC3CCC3CCCC(=O)O3)C12. The van der Waals surface area contributed by atoms with Crippen molar-refractivity contribution in [3.63, 3.8) is 0 Å². The van der Waals surface area contributed by atoms with Gasteiger partial charge < -0.3 is 4.74 Å². The molecule has 3 saturated carbocycles. The molecule has 3 aliphatic carbocycles. The van der Waals surface area contributed by atoms with Crippen LogP contribution in [-0.2, 0) is 9.53 Å². The molecule has 0 aromatic rings. The molecule has 1 aliphatic heterocycles. The second-order valence-electron chi connectivity index (χ2n) is 8.96. The first-order chi connectivity index (χ1) is 11.2. The van der Waals surface area contributed by atoms with E-state index in [2.05, 4.69) is 13.8 Å². The fourth-order valence-corrected chi connectivity index (χ4v) is 7.24. The molecule has 0 aromatic carbocycles. The van der Waals surface area contributed by atoms with Crippen LogP contribution < -0.4 is 0 Å². The van der Waals surface area contributed by atoms with Gasteiger partial charge in [-0.1, -0.05) is 26.7 Å². The summed E-state index contributed by atoms with van der Waals surface area (Å²) in [5, 5.41) is 0. The average Bonchev–Trinajstić information content (AvgIpc) is 3.23. The Bertz CT molecular complexity index is 445. The molecule has 0 amide bonds. The average molecular weight is 319 g/mol. The monoisotopic (exact) mass is 318 g/mol. The van der Waals surface area contributed by atoms with Crippen molar-refractivity contribution in [2.45, 2.75) is 84.2 Å². The van der Waals surface area contributed by atoms with Crippen LogP contribution in [0.5, 0.6) is 0 Å². The summed E-state index contributed by atoms with van der Waals surface area (Å²) in [5.41, 5.74) is 0. The third-order valence-corrected chi connectivity index (χ3v) is 8.08. The Hall–Kier alpha value is -0.530. The Morgan fingerprint density at radius 2 is 1.74 bits per heavy atom. The van der Waals surface area contributed by atoms with Gasteiger partial charge in [-0.15, -0.1) is 0 Å². The Kier molecular flexibility index (Phi) is 4.45. The normalized spacial score (nSPS) is 48.5. The van der Waals surface area contributed by atoms with Crippen molar-refractivity contribution in [2.75, 3.05) is 0 Å². The standard InChI is InChI=1S/C21H34O2/c1-3-13-10-14(4-2)21-18-12-16(20(13)21)11-15(18)8-9-17-6-5-7-19(22)23-17/h13-18,20-21H,3-12H2,1-2H3. The van der Waals surface area contributed by atoms with Crippen LogP contribution in [0.4, 0.5) is 0 Å². The van der Waals surface area contributed by atoms with E-state index < -0.39 is 0 Å². The highest BCUT2D eigenvalue weighted by Gasteiger charge is 2.59. The van der Waals surface area contributed by atoms with Crippen LogP contribution in [0.3, 0.4) is 0 Å². The molecule has 4 fully saturated rings. The third kappa shape index (κ3) is 2.74. The minimum atomic E-state index is 0.0434. The van der Waals surface area contributed by atoms with Gasteiger partial charge in [0, 0.05) is 6.42 Å². The number of ether oxygens (including phenoxy) is 1. The lowest BCUT2D eigenvalue weighted by Gasteiger charge is -2.36. The molecule has 23 heavy (non-hydrogen) atoms. The van der Waals surface area contributed by atoms with Gasteiger partial charge in [0.05, 0.1) is 0 Å². The van der Waals surface area contributed by atoms with E-state index in [1.807, 2.05) is 0 Å². The van der Waals surface area contributed by atoms with E-state index in [4.69, 9.17) is 4.74 Å². The van der Waals surface area contributed by atoms with E-state index in [0.29, 0.717) is 6.42 Å². The van der Waals surface area contributed by atoms with E-state index in [0.717, 1.165) is 60.7 Å². The number of cyclic esters (lactones) is 1. The number of esters is 1. The van der Waals surface area contributed by atoms with Crippen molar-refractivity contribution in [1.29, 1.82) is 0 Å².